The molecule has 1 aliphatic rings. The van der Waals surface area contributed by atoms with Crippen LogP contribution in [0.15, 0.2) is 18.2 Å². The standard InChI is InChI=1S/C17H21F2NO5/c1-16(2,3)25-15(23)20-8-6-17(7-9-20,14(21)22)24-13-5-4-11(18)10-12(13)19/h4-5,10H,6-9H2,1-3H3,(H,21,22). The summed E-state index contributed by atoms with van der Waals surface area (Å²) in [4.78, 5) is 25.2. The number of halogens is 2. The number of hydrogen-bond donors (Lipinski definition) is 1. The molecule has 0 radical (unpaired) electrons. The summed E-state index contributed by atoms with van der Waals surface area (Å²) in [5.74, 6) is -3.36. The van der Waals surface area contributed by atoms with E-state index in [-0.39, 0.29) is 31.7 Å². The van der Waals surface area contributed by atoms with Gasteiger partial charge in [-0.05, 0) is 32.9 Å². The van der Waals surface area contributed by atoms with E-state index in [2.05, 4.69) is 0 Å². The van der Waals surface area contributed by atoms with Crippen LogP contribution in [0.25, 0.3) is 0 Å². The van der Waals surface area contributed by atoms with E-state index in [1.807, 2.05) is 0 Å². The molecule has 138 valence electrons. The molecule has 1 aromatic rings. The second kappa shape index (κ2) is 6.85. The molecule has 0 bridgehead atoms. The topological polar surface area (TPSA) is 76.1 Å². The molecule has 0 spiro atoms. The van der Waals surface area contributed by atoms with E-state index in [1.165, 1.54) is 4.90 Å². The van der Waals surface area contributed by atoms with Crippen LogP contribution in [-0.4, -0.2) is 46.4 Å². The Bertz CT molecular complexity index is 663. The Hall–Kier alpha value is -2.38. The van der Waals surface area contributed by atoms with Gasteiger partial charge in [0.1, 0.15) is 11.4 Å². The number of piperidine rings is 1. The van der Waals surface area contributed by atoms with Crippen LogP contribution in [0.2, 0.25) is 0 Å². The van der Waals surface area contributed by atoms with Crippen molar-refractivity contribution in [3.05, 3.63) is 29.8 Å². The molecule has 0 aromatic heterocycles. The second-order valence-electron chi connectivity index (χ2n) is 6.94. The normalized spacial score (nSPS) is 17.1. The van der Waals surface area contributed by atoms with Gasteiger partial charge in [-0.15, -0.1) is 0 Å². The number of hydrogen-bond acceptors (Lipinski definition) is 4. The number of carbonyl (C=O) groups excluding carboxylic acids is 1. The zero-order chi connectivity index (χ0) is 18.8. The highest BCUT2D eigenvalue weighted by atomic mass is 19.1. The van der Waals surface area contributed by atoms with Gasteiger partial charge in [0.05, 0.1) is 0 Å². The molecule has 2 rings (SSSR count). The first kappa shape index (κ1) is 19.0. The van der Waals surface area contributed by atoms with Crippen molar-refractivity contribution in [3.63, 3.8) is 0 Å². The van der Waals surface area contributed by atoms with Crippen LogP contribution in [0, 0.1) is 11.6 Å². The highest BCUT2D eigenvalue weighted by Gasteiger charge is 2.46. The first-order valence-electron chi connectivity index (χ1n) is 7.88. The molecule has 1 amide bonds. The number of nitrogens with zero attached hydrogens (tertiary/aromatic N) is 1. The molecular weight excluding hydrogens is 336 g/mol. The predicted molar refractivity (Wildman–Crippen MR) is 84.4 cm³/mol. The molecule has 0 aliphatic carbocycles. The number of amides is 1. The second-order valence-corrected chi connectivity index (χ2v) is 6.94. The van der Waals surface area contributed by atoms with Crippen molar-refractivity contribution in [1.82, 2.24) is 4.90 Å². The molecular formula is C17H21F2NO5. The van der Waals surface area contributed by atoms with Gasteiger partial charge < -0.3 is 19.5 Å². The van der Waals surface area contributed by atoms with Gasteiger partial charge in [0.2, 0.25) is 5.60 Å². The lowest BCUT2D eigenvalue weighted by Crippen LogP contribution is -2.55. The Morgan fingerprint density at radius 2 is 1.80 bits per heavy atom. The van der Waals surface area contributed by atoms with Crippen molar-refractivity contribution in [2.75, 3.05) is 13.1 Å². The fourth-order valence-electron chi connectivity index (χ4n) is 2.51. The van der Waals surface area contributed by atoms with E-state index in [0.717, 1.165) is 12.1 Å². The third kappa shape index (κ3) is 4.58. The van der Waals surface area contributed by atoms with Gasteiger partial charge in [-0.2, -0.15) is 0 Å². The summed E-state index contributed by atoms with van der Waals surface area (Å²) < 4.78 is 37.4. The number of carboxylic acids is 1. The Kier molecular flexibility index (Phi) is 5.20. The predicted octanol–water partition coefficient (Wildman–Crippen LogP) is 3.20. The van der Waals surface area contributed by atoms with Crippen LogP contribution in [0.5, 0.6) is 5.75 Å². The molecule has 0 saturated carbocycles. The monoisotopic (exact) mass is 357 g/mol. The maximum atomic E-state index is 13.8. The van der Waals surface area contributed by atoms with Gasteiger partial charge in [-0.25, -0.2) is 18.4 Å². The summed E-state index contributed by atoms with van der Waals surface area (Å²) in [7, 11) is 0. The minimum Gasteiger partial charge on any atom is -0.478 e. The summed E-state index contributed by atoms with van der Waals surface area (Å²) in [6.07, 6.45) is -0.629. The quantitative estimate of drug-likeness (QED) is 0.899. The van der Waals surface area contributed by atoms with Crippen molar-refractivity contribution in [1.29, 1.82) is 0 Å². The van der Waals surface area contributed by atoms with E-state index in [9.17, 15) is 23.5 Å². The molecule has 1 aliphatic heterocycles. The van der Waals surface area contributed by atoms with Crippen molar-refractivity contribution >= 4 is 12.1 Å². The lowest BCUT2D eigenvalue weighted by atomic mass is 9.91. The van der Waals surface area contributed by atoms with Crippen LogP contribution in [0.4, 0.5) is 13.6 Å². The van der Waals surface area contributed by atoms with Gasteiger partial charge in [-0.3, -0.25) is 0 Å². The number of carbonyl (C=O) groups is 2. The highest BCUT2D eigenvalue weighted by Crippen LogP contribution is 2.31. The zero-order valence-electron chi connectivity index (χ0n) is 14.3. The Balaban J connectivity index is 2.10. The van der Waals surface area contributed by atoms with Crippen molar-refractivity contribution in [2.24, 2.45) is 0 Å². The van der Waals surface area contributed by atoms with Crippen molar-refractivity contribution in [2.45, 2.75) is 44.8 Å². The van der Waals surface area contributed by atoms with E-state index in [0.29, 0.717) is 6.07 Å². The van der Waals surface area contributed by atoms with Gasteiger partial charge in [-0.1, -0.05) is 0 Å². The fraction of sp³-hybridized carbons (Fsp3) is 0.529. The lowest BCUT2D eigenvalue weighted by molar-refractivity contribution is -0.159. The van der Waals surface area contributed by atoms with Crippen LogP contribution < -0.4 is 4.74 Å². The number of likely N-dealkylation sites (tertiary alicyclic amines) is 1. The van der Waals surface area contributed by atoms with Gasteiger partial charge in [0.15, 0.2) is 11.6 Å². The molecule has 25 heavy (non-hydrogen) atoms. The Morgan fingerprint density at radius 3 is 2.28 bits per heavy atom. The minimum atomic E-state index is -1.68. The molecule has 1 saturated heterocycles. The maximum absolute atomic E-state index is 13.8. The smallest absolute Gasteiger partial charge is 0.410 e. The van der Waals surface area contributed by atoms with Gasteiger partial charge >= 0.3 is 12.1 Å². The Labute approximate surface area is 144 Å². The maximum Gasteiger partial charge on any atom is 0.410 e. The average molecular weight is 357 g/mol. The fourth-order valence-corrected chi connectivity index (χ4v) is 2.51. The molecule has 1 fully saturated rings. The van der Waals surface area contributed by atoms with Crippen molar-refractivity contribution in [3.8, 4) is 5.75 Å². The molecule has 1 N–H and O–H groups in total. The van der Waals surface area contributed by atoms with E-state index < -0.39 is 34.9 Å². The van der Waals surface area contributed by atoms with Gasteiger partial charge in [0, 0.05) is 32.0 Å². The molecule has 0 atom stereocenters. The summed E-state index contributed by atoms with van der Waals surface area (Å²) >= 11 is 0. The number of rotatable bonds is 3. The van der Waals surface area contributed by atoms with Gasteiger partial charge in [0.25, 0.3) is 0 Å². The van der Waals surface area contributed by atoms with E-state index in [1.54, 1.807) is 20.8 Å². The number of ether oxygens (including phenoxy) is 2. The van der Waals surface area contributed by atoms with E-state index >= 15 is 0 Å². The summed E-state index contributed by atoms with van der Waals surface area (Å²) in [5, 5.41) is 9.55. The number of aliphatic carboxylic acids is 1. The van der Waals surface area contributed by atoms with Crippen LogP contribution in [0.1, 0.15) is 33.6 Å². The minimum absolute atomic E-state index is 0.0433. The van der Waals surface area contributed by atoms with E-state index in [4.69, 9.17) is 9.47 Å². The van der Waals surface area contributed by atoms with Crippen LogP contribution in [0.3, 0.4) is 0 Å². The summed E-state index contributed by atoms with van der Waals surface area (Å²) in [6.45, 7) is 5.37. The average Bonchev–Trinajstić information content (AvgIpc) is 2.49. The molecule has 8 heteroatoms. The zero-order valence-corrected chi connectivity index (χ0v) is 14.3. The Morgan fingerprint density at radius 1 is 1.20 bits per heavy atom. The highest BCUT2D eigenvalue weighted by molar-refractivity contribution is 5.79. The van der Waals surface area contributed by atoms with Crippen LogP contribution >= 0.6 is 0 Å². The summed E-state index contributed by atoms with van der Waals surface area (Å²) in [6, 6.07) is 2.67. The third-order valence-corrected chi connectivity index (χ3v) is 3.81. The SMILES string of the molecule is CC(C)(C)OC(=O)N1CCC(Oc2ccc(F)cc2F)(C(=O)O)CC1. The molecule has 6 nitrogen and oxygen atoms in total. The molecule has 0 unspecified atom stereocenters. The number of benzene rings is 1. The number of carboxylic acid groups (broad SMARTS) is 1. The van der Waals surface area contributed by atoms with Crippen molar-refractivity contribution < 1.29 is 33.0 Å². The summed E-state index contributed by atoms with van der Waals surface area (Å²) in [5.41, 5.74) is -2.34. The largest absolute Gasteiger partial charge is 0.478 e. The first-order chi connectivity index (χ1) is 11.5. The lowest BCUT2D eigenvalue weighted by Gasteiger charge is -2.39. The van der Waals surface area contributed by atoms with Crippen LogP contribution in [-0.2, 0) is 9.53 Å². The third-order valence-electron chi connectivity index (χ3n) is 3.81. The first-order valence-corrected chi connectivity index (χ1v) is 7.88. The molecule has 1 heterocycles. The molecule has 1 aromatic carbocycles.